The molecule has 0 aromatic carbocycles. The molecule has 0 aliphatic carbocycles. The van der Waals surface area contributed by atoms with E-state index in [9.17, 15) is 8.42 Å². The lowest BCUT2D eigenvalue weighted by atomic mass is 10.0. The van der Waals surface area contributed by atoms with Crippen LogP contribution in [0.5, 0.6) is 0 Å². The zero-order chi connectivity index (χ0) is 12.2. The summed E-state index contributed by atoms with van der Waals surface area (Å²) >= 11 is 0. The topological polar surface area (TPSA) is 82.4 Å². The molecule has 0 amide bonds. The van der Waals surface area contributed by atoms with Crippen LogP contribution >= 0.6 is 0 Å². The SMILES string of the molecule is CCC(C)(C#N)NS(=O)(=O)N1CCOCC1. The zero-order valence-corrected chi connectivity index (χ0v) is 10.4. The smallest absolute Gasteiger partial charge is 0.280 e. The molecule has 1 unspecified atom stereocenters. The quantitative estimate of drug-likeness (QED) is 0.748. The van der Waals surface area contributed by atoms with Crippen molar-refractivity contribution in [2.45, 2.75) is 25.8 Å². The van der Waals surface area contributed by atoms with Gasteiger partial charge in [-0.05, 0) is 13.3 Å². The number of rotatable bonds is 4. The first kappa shape index (κ1) is 13.4. The van der Waals surface area contributed by atoms with Gasteiger partial charge >= 0.3 is 0 Å². The van der Waals surface area contributed by atoms with Gasteiger partial charge in [-0.2, -0.15) is 22.7 Å². The summed E-state index contributed by atoms with van der Waals surface area (Å²) in [4.78, 5) is 0. The molecule has 0 radical (unpaired) electrons. The minimum atomic E-state index is -3.58. The number of hydrogen-bond donors (Lipinski definition) is 1. The summed E-state index contributed by atoms with van der Waals surface area (Å²) in [7, 11) is -3.58. The van der Waals surface area contributed by atoms with E-state index < -0.39 is 15.7 Å². The van der Waals surface area contributed by atoms with Crippen LogP contribution in [0.1, 0.15) is 20.3 Å². The number of morpholine rings is 1. The first-order valence-corrected chi connectivity index (χ1v) is 6.65. The van der Waals surface area contributed by atoms with E-state index in [1.54, 1.807) is 13.8 Å². The van der Waals surface area contributed by atoms with E-state index in [4.69, 9.17) is 10.00 Å². The van der Waals surface area contributed by atoms with Gasteiger partial charge in [0.1, 0.15) is 5.54 Å². The highest BCUT2D eigenvalue weighted by Crippen LogP contribution is 2.12. The Balaban J connectivity index is 2.75. The Bertz CT molecular complexity index is 370. The van der Waals surface area contributed by atoms with Gasteiger partial charge in [0, 0.05) is 13.1 Å². The van der Waals surface area contributed by atoms with E-state index in [0.717, 1.165) is 0 Å². The van der Waals surface area contributed by atoms with Crippen molar-refractivity contribution in [3.8, 4) is 6.07 Å². The molecule has 1 fully saturated rings. The standard InChI is InChI=1S/C9H17N3O3S/c1-3-9(2,8-10)11-16(13,14)12-4-6-15-7-5-12/h11H,3-7H2,1-2H3. The fraction of sp³-hybridized carbons (Fsp3) is 0.889. The predicted molar refractivity (Wildman–Crippen MR) is 58.8 cm³/mol. The van der Waals surface area contributed by atoms with Gasteiger partial charge in [-0.25, -0.2) is 0 Å². The average molecular weight is 247 g/mol. The largest absolute Gasteiger partial charge is 0.379 e. The fourth-order valence-corrected chi connectivity index (χ4v) is 2.83. The van der Waals surface area contributed by atoms with Gasteiger partial charge in [-0.3, -0.25) is 0 Å². The van der Waals surface area contributed by atoms with Gasteiger partial charge in [-0.1, -0.05) is 6.92 Å². The van der Waals surface area contributed by atoms with Crippen LogP contribution in [0.25, 0.3) is 0 Å². The molecule has 0 saturated carbocycles. The fourth-order valence-electron chi connectivity index (χ4n) is 1.31. The molecule has 6 nitrogen and oxygen atoms in total. The summed E-state index contributed by atoms with van der Waals surface area (Å²) in [6.45, 7) is 4.81. The minimum absolute atomic E-state index is 0.334. The lowest BCUT2D eigenvalue weighted by Crippen LogP contribution is -2.53. The van der Waals surface area contributed by atoms with E-state index in [1.165, 1.54) is 4.31 Å². The predicted octanol–water partition coefficient (Wildman–Crippen LogP) is -0.155. The van der Waals surface area contributed by atoms with Crippen LogP contribution in [-0.4, -0.2) is 44.6 Å². The van der Waals surface area contributed by atoms with Crippen LogP contribution in [0.15, 0.2) is 0 Å². The summed E-state index contributed by atoms with van der Waals surface area (Å²) in [6.07, 6.45) is 0.424. The third kappa shape index (κ3) is 3.15. The zero-order valence-electron chi connectivity index (χ0n) is 9.56. The Hall–Kier alpha value is -0.680. The Morgan fingerprint density at radius 1 is 1.50 bits per heavy atom. The Morgan fingerprint density at radius 2 is 2.06 bits per heavy atom. The monoisotopic (exact) mass is 247 g/mol. The molecule has 92 valence electrons. The summed E-state index contributed by atoms with van der Waals surface area (Å²) in [5, 5.41) is 8.93. The van der Waals surface area contributed by atoms with Gasteiger partial charge in [-0.15, -0.1) is 0 Å². The summed E-state index contributed by atoms with van der Waals surface area (Å²) in [5.74, 6) is 0. The first-order chi connectivity index (χ1) is 7.43. The molecular formula is C9H17N3O3S. The van der Waals surface area contributed by atoms with Crippen LogP contribution < -0.4 is 4.72 Å². The molecule has 7 heteroatoms. The van der Waals surface area contributed by atoms with Crippen molar-refractivity contribution >= 4 is 10.2 Å². The van der Waals surface area contributed by atoms with Crippen molar-refractivity contribution in [2.75, 3.05) is 26.3 Å². The molecule has 0 spiro atoms. The lowest BCUT2D eigenvalue weighted by Gasteiger charge is -2.30. The van der Waals surface area contributed by atoms with Gasteiger partial charge < -0.3 is 4.74 Å². The van der Waals surface area contributed by atoms with E-state index in [-0.39, 0.29) is 0 Å². The van der Waals surface area contributed by atoms with Crippen molar-refractivity contribution in [3.63, 3.8) is 0 Å². The molecule has 0 bridgehead atoms. The lowest BCUT2D eigenvalue weighted by molar-refractivity contribution is 0.0721. The second kappa shape index (κ2) is 5.10. The van der Waals surface area contributed by atoms with E-state index in [1.807, 2.05) is 6.07 Å². The van der Waals surface area contributed by atoms with Gasteiger partial charge in [0.05, 0.1) is 19.3 Å². The molecule has 1 saturated heterocycles. The maximum atomic E-state index is 11.9. The number of nitrogens with one attached hydrogen (secondary N) is 1. The summed E-state index contributed by atoms with van der Waals surface area (Å²) in [6, 6.07) is 1.98. The Morgan fingerprint density at radius 3 is 2.50 bits per heavy atom. The molecule has 1 N–H and O–H groups in total. The van der Waals surface area contributed by atoms with Gasteiger partial charge in [0.15, 0.2) is 0 Å². The summed E-state index contributed by atoms with van der Waals surface area (Å²) in [5.41, 5.74) is -1.04. The van der Waals surface area contributed by atoms with Crippen molar-refractivity contribution < 1.29 is 13.2 Å². The molecular weight excluding hydrogens is 230 g/mol. The van der Waals surface area contributed by atoms with Crippen LogP contribution in [0.3, 0.4) is 0 Å². The molecule has 1 aliphatic rings. The average Bonchev–Trinajstić information content (AvgIpc) is 2.29. The normalized spacial score (nSPS) is 22.3. The Labute approximate surface area is 96.4 Å². The summed E-state index contributed by atoms with van der Waals surface area (Å²) < 4.78 is 32.7. The van der Waals surface area contributed by atoms with Crippen molar-refractivity contribution in [3.05, 3.63) is 0 Å². The van der Waals surface area contributed by atoms with Gasteiger partial charge in [0.2, 0.25) is 0 Å². The van der Waals surface area contributed by atoms with Crippen LogP contribution in [0, 0.1) is 11.3 Å². The van der Waals surface area contributed by atoms with Crippen molar-refractivity contribution in [1.82, 2.24) is 9.03 Å². The maximum absolute atomic E-state index is 11.9. The number of hydrogen-bond acceptors (Lipinski definition) is 4. The highest BCUT2D eigenvalue weighted by atomic mass is 32.2. The minimum Gasteiger partial charge on any atom is -0.379 e. The first-order valence-electron chi connectivity index (χ1n) is 5.21. The number of nitriles is 1. The molecule has 16 heavy (non-hydrogen) atoms. The third-order valence-corrected chi connectivity index (χ3v) is 4.37. The van der Waals surface area contributed by atoms with Crippen LogP contribution in [0.2, 0.25) is 0 Å². The molecule has 0 aromatic rings. The number of nitrogens with zero attached hydrogens (tertiary/aromatic N) is 2. The van der Waals surface area contributed by atoms with Crippen molar-refractivity contribution in [1.29, 1.82) is 5.26 Å². The second-order valence-electron chi connectivity index (χ2n) is 3.92. The molecule has 1 aliphatic heterocycles. The van der Waals surface area contributed by atoms with E-state index in [2.05, 4.69) is 4.72 Å². The number of ether oxygens (including phenoxy) is 1. The van der Waals surface area contributed by atoms with Crippen LogP contribution in [0.4, 0.5) is 0 Å². The molecule has 1 atom stereocenters. The molecule has 1 heterocycles. The van der Waals surface area contributed by atoms with E-state index >= 15 is 0 Å². The van der Waals surface area contributed by atoms with Crippen molar-refractivity contribution in [2.24, 2.45) is 0 Å². The maximum Gasteiger partial charge on any atom is 0.280 e. The molecule has 0 aromatic heterocycles. The molecule has 1 rings (SSSR count). The highest BCUT2D eigenvalue weighted by Gasteiger charge is 2.32. The highest BCUT2D eigenvalue weighted by molar-refractivity contribution is 7.87. The third-order valence-electron chi connectivity index (χ3n) is 2.62. The van der Waals surface area contributed by atoms with Crippen LogP contribution in [-0.2, 0) is 14.9 Å². The second-order valence-corrected chi connectivity index (χ2v) is 5.59. The van der Waals surface area contributed by atoms with E-state index in [0.29, 0.717) is 32.7 Å². The van der Waals surface area contributed by atoms with Gasteiger partial charge in [0.25, 0.3) is 10.2 Å². The Kier molecular flexibility index (Phi) is 4.27.